The molecule has 0 spiro atoms. The molecule has 0 aliphatic carbocycles. The summed E-state index contributed by atoms with van der Waals surface area (Å²) in [6.45, 7) is 5.88. The number of terminal acetylenes is 1. The summed E-state index contributed by atoms with van der Waals surface area (Å²) in [4.78, 5) is 0. The zero-order valence-corrected chi connectivity index (χ0v) is 8.22. The fraction of sp³-hybridized carbons (Fsp3) is 0.333. The molecule has 70 valence electrons. The summed E-state index contributed by atoms with van der Waals surface area (Å²) in [6.07, 6.45) is 16.4. The quantitative estimate of drug-likeness (QED) is 0.372. The molecule has 0 saturated heterocycles. The molecule has 0 atom stereocenters. The van der Waals surface area contributed by atoms with Crippen molar-refractivity contribution in [2.24, 2.45) is 0 Å². The van der Waals surface area contributed by atoms with Crippen LogP contribution in [-0.4, -0.2) is 0 Å². The maximum absolute atomic E-state index is 5.04. The highest BCUT2D eigenvalue weighted by Crippen LogP contribution is 1.96. The highest BCUT2D eigenvalue weighted by Gasteiger charge is 1.83. The first-order chi connectivity index (χ1) is 6.31. The minimum Gasteiger partial charge on any atom is -0.319 e. The van der Waals surface area contributed by atoms with Crippen LogP contribution in [0, 0.1) is 12.5 Å². The second-order valence-electron chi connectivity index (χ2n) is 2.66. The minimum absolute atomic E-state index is 0.796. The predicted molar refractivity (Wildman–Crippen MR) is 58.9 cm³/mol. The molecule has 0 bridgehead atoms. The van der Waals surface area contributed by atoms with Crippen LogP contribution < -0.4 is 5.32 Å². The van der Waals surface area contributed by atoms with Gasteiger partial charge < -0.3 is 5.32 Å². The monoisotopic (exact) mass is 175 g/mol. The molecule has 0 saturated carbocycles. The van der Waals surface area contributed by atoms with E-state index in [1.165, 1.54) is 0 Å². The van der Waals surface area contributed by atoms with Gasteiger partial charge in [0.2, 0.25) is 0 Å². The Kier molecular flexibility index (Phi) is 7.73. The van der Waals surface area contributed by atoms with E-state index >= 15 is 0 Å². The molecule has 0 aromatic rings. The fourth-order valence-corrected chi connectivity index (χ4v) is 0.816. The Bertz CT molecular complexity index is 228. The van der Waals surface area contributed by atoms with Crippen molar-refractivity contribution in [2.75, 3.05) is 0 Å². The van der Waals surface area contributed by atoms with Crippen molar-refractivity contribution in [1.82, 2.24) is 5.32 Å². The van der Waals surface area contributed by atoms with Crippen molar-refractivity contribution in [2.45, 2.75) is 26.2 Å². The SMILES string of the molecule is C#CNC(=C)C/C=C\C/C=C\CC. The molecular weight excluding hydrogens is 158 g/mol. The van der Waals surface area contributed by atoms with E-state index in [-0.39, 0.29) is 0 Å². The average Bonchev–Trinajstić information content (AvgIpc) is 2.11. The molecule has 1 heteroatoms. The summed E-state index contributed by atoms with van der Waals surface area (Å²) < 4.78 is 0. The highest BCUT2D eigenvalue weighted by atomic mass is 14.8. The van der Waals surface area contributed by atoms with Gasteiger partial charge in [-0.1, -0.05) is 44.2 Å². The number of nitrogens with one attached hydrogen (secondary N) is 1. The summed E-state index contributed by atoms with van der Waals surface area (Å²) in [7, 11) is 0. The summed E-state index contributed by atoms with van der Waals surface area (Å²) in [5.74, 6) is 0. The molecule has 0 heterocycles. The molecule has 0 unspecified atom stereocenters. The van der Waals surface area contributed by atoms with Gasteiger partial charge >= 0.3 is 0 Å². The smallest absolute Gasteiger partial charge is 0.0196 e. The Morgan fingerprint density at radius 2 is 2.08 bits per heavy atom. The van der Waals surface area contributed by atoms with E-state index < -0.39 is 0 Å². The van der Waals surface area contributed by atoms with Gasteiger partial charge in [-0.15, -0.1) is 0 Å². The van der Waals surface area contributed by atoms with E-state index in [0.29, 0.717) is 0 Å². The van der Waals surface area contributed by atoms with Crippen LogP contribution in [0.2, 0.25) is 0 Å². The van der Waals surface area contributed by atoms with Crippen molar-refractivity contribution in [3.8, 4) is 12.5 Å². The van der Waals surface area contributed by atoms with Crippen LogP contribution in [-0.2, 0) is 0 Å². The van der Waals surface area contributed by atoms with Crippen molar-refractivity contribution < 1.29 is 0 Å². The average molecular weight is 175 g/mol. The van der Waals surface area contributed by atoms with E-state index in [2.05, 4.69) is 49.2 Å². The summed E-state index contributed by atoms with van der Waals surface area (Å²) >= 11 is 0. The zero-order chi connectivity index (χ0) is 9.94. The van der Waals surface area contributed by atoms with Crippen LogP contribution in [0.1, 0.15) is 26.2 Å². The van der Waals surface area contributed by atoms with Crippen molar-refractivity contribution in [3.63, 3.8) is 0 Å². The summed E-state index contributed by atoms with van der Waals surface area (Å²) in [5.41, 5.74) is 0.859. The van der Waals surface area contributed by atoms with Crippen LogP contribution in [0.15, 0.2) is 36.6 Å². The molecule has 0 radical (unpaired) electrons. The molecule has 0 aromatic heterocycles. The Balaban J connectivity index is 3.47. The van der Waals surface area contributed by atoms with Gasteiger partial charge in [-0.3, -0.25) is 0 Å². The molecule has 0 aromatic carbocycles. The van der Waals surface area contributed by atoms with Gasteiger partial charge in [0.05, 0.1) is 0 Å². The van der Waals surface area contributed by atoms with Crippen LogP contribution >= 0.6 is 0 Å². The lowest BCUT2D eigenvalue weighted by Gasteiger charge is -1.96. The predicted octanol–water partition coefficient (Wildman–Crippen LogP) is 2.98. The summed E-state index contributed by atoms with van der Waals surface area (Å²) in [6, 6.07) is 2.33. The van der Waals surface area contributed by atoms with Crippen molar-refractivity contribution in [1.29, 1.82) is 0 Å². The number of allylic oxidation sites excluding steroid dienone is 4. The van der Waals surface area contributed by atoms with Crippen LogP contribution in [0.25, 0.3) is 0 Å². The molecule has 0 aliphatic rings. The first-order valence-electron chi connectivity index (χ1n) is 4.50. The van der Waals surface area contributed by atoms with Gasteiger partial charge in [0.1, 0.15) is 0 Å². The summed E-state index contributed by atoms with van der Waals surface area (Å²) in [5, 5.41) is 2.71. The lowest BCUT2D eigenvalue weighted by atomic mass is 10.2. The number of hydrogen-bond donors (Lipinski definition) is 1. The Morgan fingerprint density at radius 3 is 2.69 bits per heavy atom. The molecular formula is C12H17N. The van der Waals surface area contributed by atoms with E-state index in [9.17, 15) is 0 Å². The van der Waals surface area contributed by atoms with Gasteiger partial charge in [0.15, 0.2) is 0 Å². The van der Waals surface area contributed by atoms with E-state index in [0.717, 1.165) is 25.0 Å². The molecule has 0 fully saturated rings. The highest BCUT2D eigenvalue weighted by molar-refractivity contribution is 5.06. The number of hydrogen-bond acceptors (Lipinski definition) is 1. The molecule has 0 rings (SSSR count). The van der Waals surface area contributed by atoms with Gasteiger partial charge in [0.25, 0.3) is 0 Å². The molecule has 0 amide bonds. The lowest BCUT2D eigenvalue weighted by Crippen LogP contribution is -2.01. The van der Waals surface area contributed by atoms with Crippen molar-refractivity contribution in [3.05, 3.63) is 36.6 Å². The van der Waals surface area contributed by atoms with Crippen LogP contribution in [0.4, 0.5) is 0 Å². The first kappa shape index (κ1) is 11.6. The molecule has 1 nitrogen and oxygen atoms in total. The largest absolute Gasteiger partial charge is 0.319 e. The maximum atomic E-state index is 5.04. The maximum Gasteiger partial charge on any atom is 0.0196 e. The molecule has 1 N–H and O–H groups in total. The van der Waals surface area contributed by atoms with E-state index in [4.69, 9.17) is 6.42 Å². The molecule has 13 heavy (non-hydrogen) atoms. The van der Waals surface area contributed by atoms with Gasteiger partial charge in [-0.05, 0) is 12.8 Å². The van der Waals surface area contributed by atoms with E-state index in [1.54, 1.807) is 0 Å². The van der Waals surface area contributed by atoms with Gasteiger partial charge in [-0.2, -0.15) is 0 Å². The topological polar surface area (TPSA) is 12.0 Å². The Labute approximate surface area is 81.2 Å². The second-order valence-corrected chi connectivity index (χ2v) is 2.66. The third-order valence-corrected chi connectivity index (χ3v) is 1.45. The van der Waals surface area contributed by atoms with Gasteiger partial charge in [-0.25, -0.2) is 0 Å². The van der Waals surface area contributed by atoms with Gasteiger partial charge in [0, 0.05) is 18.2 Å². The third-order valence-electron chi connectivity index (χ3n) is 1.45. The van der Waals surface area contributed by atoms with Crippen LogP contribution in [0.5, 0.6) is 0 Å². The second kappa shape index (κ2) is 8.67. The number of rotatable bonds is 6. The Hall–Kier alpha value is -1.42. The van der Waals surface area contributed by atoms with Crippen molar-refractivity contribution >= 4 is 0 Å². The van der Waals surface area contributed by atoms with E-state index in [1.807, 2.05) is 0 Å². The standard InChI is InChI=1S/C12H17N/c1-4-6-7-8-9-10-11-12(3)13-5-2/h2,6-7,9-10,13H,3-4,8,11H2,1H3/b7-6-,10-9-. The fourth-order valence-electron chi connectivity index (χ4n) is 0.816. The zero-order valence-electron chi connectivity index (χ0n) is 8.22. The Morgan fingerprint density at radius 1 is 1.38 bits per heavy atom. The molecule has 0 aliphatic heterocycles. The minimum atomic E-state index is 0.796. The first-order valence-corrected chi connectivity index (χ1v) is 4.50. The van der Waals surface area contributed by atoms with Crippen LogP contribution in [0.3, 0.4) is 0 Å². The normalized spacial score (nSPS) is 10.5. The lowest BCUT2D eigenvalue weighted by molar-refractivity contribution is 1.03. The third kappa shape index (κ3) is 8.49.